The molecule has 0 saturated carbocycles. The number of nitrogens with one attached hydrogen (secondary N) is 1. The Hall–Kier alpha value is -4.07. The summed E-state index contributed by atoms with van der Waals surface area (Å²) in [6.07, 6.45) is 1.37. The van der Waals surface area contributed by atoms with Crippen LogP contribution in [0.5, 0.6) is 5.75 Å². The van der Waals surface area contributed by atoms with Gasteiger partial charge in [0.1, 0.15) is 23.9 Å². The molecule has 4 rings (SSSR count). The number of nitrogens with zero attached hydrogens (tertiary/aromatic N) is 1. The van der Waals surface area contributed by atoms with Gasteiger partial charge in [-0.15, -0.1) is 0 Å². The van der Waals surface area contributed by atoms with Crippen LogP contribution in [0.1, 0.15) is 32.0 Å². The Kier molecular flexibility index (Phi) is 7.50. The number of amides is 1. The molecule has 176 valence electrons. The number of hydrazone groups is 1. The van der Waals surface area contributed by atoms with Gasteiger partial charge in [-0.05, 0) is 48.5 Å². The second kappa shape index (κ2) is 10.9. The minimum atomic E-state index is -1.000. The van der Waals surface area contributed by atoms with Crippen molar-refractivity contribution in [3.63, 3.8) is 0 Å². The molecule has 2 N–H and O–H groups in total. The molecule has 0 aliphatic heterocycles. The van der Waals surface area contributed by atoms with Crippen molar-refractivity contribution in [3.8, 4) is 17.1 Å². The molecule has 0 aliphatic rings. The van der Waals surface area contributed by atoms with Crippen molar-refractivity contribution in [2.45, 2.75) is 6.61 Å². The number of furan rings is 1. The van der Waals surface area contributed by atoms with Gasteiger partial charge in [-0.1, -0.05) is 53.5 Å². The number of hydrogen-bond acceptors (Lipinski definition) is 5. The first-order chi connectivity index (χ1) is 16.9. The molecule has 35 heavy (non-hydrogen) atoms. The van der Waals surface area contributed by atoms with E-state index in [1.54, 1.807) is 66.7 Å². The Morgan fingerprint density at radius 1 is 1.00 bits per heavy atom. The predicted octanol–water partition coefficient (Wildman–Crippen LogP) is 6.29. The van der Waals surface area contributed by atoms with Gasteiger partial charge in [0.15, 0.2) is 0 Å². The van der Waals surface area contributed by atoms with Gasteiger partial charge in [-0.3, -0.25) is 4.79 Å². The summed E-state index contributed by atoms with van der Waals surface area (Å²) in [5, 5.41) is 14.0. The summed E-state index contributed by atoms with van der Waals surface area (Å²) in [5.41, 5.74) is 4.39. The van der Waals surface area contributed by atoms with Crippen LogP contribution in [0.4, 0.5) is 0 Å². The summed E-state index contributed by atoms with van der Waals surface area (Å²) in [6.45, 7) is 0.159. The molecular weight excluding hydrogens is 491 g/mol. The van der Waals surface area contributed by atoms with Crippen molar-refractivity contribution in [2.24, 2.45) is 5.10 Å². The van der Waals surface area contributed by atoms with Crippen LogP contribution in [0.15, 0.2) is 88.4 Å². The third-order valence-corrected chi connectivity index (χ3v) is 5.52. The van der Waals surface area contributed by atoms with E-state index < -0.39 is 11.9 Å². The summed E-state index contributed by atoms with van der Waals surface area (Å²) in [5.74, 6) is -0.148. The lowest BCUT2D eigenvalue weighted by Gasteiger charge is -2.11. The molecule has 1 heterocycles. The molecule has 0 bridgehead atoms. The molecule has 0 atom stereocenters. The first-order valence-electron chi connectivity index (χ1n) is 10.3. The third-order valence-electron chi connectivity index (χ3n) is 4.93. The Morgan fingerprint density at radius 3 is 2.51 bits per heavy atom. The van der Waals surface area contributed by atoms with Gasteiger partial charge in [0.25, 0.3) is 5.91 Å². The van der Waals surface area contributed by atoms with Crippen LogP contribution >= 0.6 is 23.2 Å². The van der Waals surface area contributed by atoms with Gasteiger partial charge in [0.05, 0.1) is 17.3 Å². The topological polar surface area (TPSA) is 101 Å². The van der Waals surface area contributed by atoms with Crippen LogP contribution in [-0.2, 0) is 6.61 Å². The van der Waals surface area contributed by atoms with Crippen molar-refractivity contribution in [1.82, 2.24) is 5.43 Å². The summed E-state index contributed by atoms with van der Waals surface area (Å²) < 4.78 is 11.5. The predicted molar refractivity (Wildman–Crippen MR) is 133 cm³/mol. The number of rotatable bonds is 8. The number of para-hydroxylation sites is 1. The van der Waals surface area contributed by atoms with E-state index in [4.69, 9.17) is 37.5 Å². The Bertz CT molecular complexity index is 1400. The van der Waals surface area contributed by atoms with Crippen LogP contribution < -0.4 is 10.2 Å². The van der Waals surface area contributed by atoms with E-state index in [9.17, 15) is 9.59 Å². The van der Waals surface area contributed by atoms with Crippen LogP contribution in [0.3, 0.4) is 0 Å². The monoisotopic (exact) mass is 508 g/mol. The highest BCUT2D eigenvalue weighted by Crippen LogP contribution is 2.25. The van der Waals surface area contributed by atoms with Crippen molar-refractivity contribution in [3.05, 3.63) is 111 Å². The number of carboxylic acids is 1. The highest BCUT2D eigenvalue weighted by Gasteiger charge is 2.13. The first-order valence-corrected chi connectivity index (χ1v) is 11.1. The molecule has 1 aromatic heterocycles. The maximum atomic E-state index is 12.7. The molecule has 0 fully saturated rings. The van der Waals surface area contributed by atoms with Crippen molar-refractivity contribution in [1.29, 1.82) is 0 Å². The Labute approximate surface area is 210 Å². The van der Waals surface area contributed by atoms with Crippen molar-refractivity contribution < 1.29 is 23.8 Å². The van der Waals surface area contributed by atoms with Crippen LogP contribution in [0, 0.1) is 0 Å². The van der Waals surface area contributed by atoms with E-state index in [2.05, 4.69) is 10.5 Å². The van der Waals surface area contributed by atoms with Gasteiger partial charge < -0.3 is 14.3 Å². The molecule has 9 heteroatoms. The number of hydrogen-bond donors (Lipinski definition) is 2. The zero-order chi connectivity index (χ0) is 24.8. The third kappa shape index (κ3) is 6.09. The van der Waals surface area contributed by atoms with Gasteiger partial charge in [-0.25, -0.2) is 10.2 Å². The second-order valence-corrected chi connectivity index (χ2v) is 8.15. The number of ether oxygens (including phenoxy) is 1. The summed E-state index contributed by atoms with van der Waals surface area (Å²) in [4.78, 5) is 23.6. The van der Waals surface area contributed by atoms with Gasteiger partial charge in [0, 0.05) is 21.2 Å². The number of halogens is 2. The van der Waals surface area contributed by atoms with Crippen molar-refractivity contribution >= 4 is 41.3 Å². The van der Waals surface area contributed by atoms with E-state index in [0.29, 0.717) is 38.4 Å². The minimum absolute atomic E-state index is 0.159. The second-order valence-electron chi connectivity index (χ2n) is 7.30. The van der Waals surface area contributed by atoms with Crippen LogP contribution in [-0.4, -0.2) is 23.2 Å². The lowest BCUT2D eigenvalue weighted by Crippen LogP contribution is -2.18. The van der Waals surface area contributed by atoms with Gasteiger partial charge in [0.2, 0.25) is 0 Å². The number of benzene rings is 3. The molecule has 0 unspecified atom stereocenters. The summed E-state index contributed by atoms with van der Waals surface area (Å²) in [6, 6.07) is 21.6. The molecular formula is C26H18Cl2N2O5. The number of carboxylic acid groups (broad SMARTS) is 1. The van der Waals surface area contributed by atoms with Gasteiger partial charge >= 0.3 is 5.97 Å². The van der Waals surface area contributed by atoms with E-state index in [1.807, 2.05) is 0 Å². The van der Waals surface area contributed by atoms with Crippen molar-refractivity contribution in [2.75, 3.05) is 0 Å². The Morgan fingerprint density at radius 2 is 1.77 bits per heavy atom. The highest BCUT2D eigenvalue weighted by molar-refractivity contribution is 6.35. The molecule has 0 spiro atoms. The zero-order valence-corrected chi connectivity index (χ0v) is 19.6. The van der Waals surface area contributed by atoms with Crippen LogP contribution in [0.25, 0.3) is 11.3 Å². The summed E-state index contributed by atoms with van der Waals surface area (Å²) in [7, 11) is 0. The standard InChI is InChI=1S/C26H18Cl2N2O5/c27-19-10-9-18(22(28)13-19)15-34-24-4-2-1-3-21(24)25(31)30-29-14-20-11-12-23(35-20)16-5-7-17(8-6-16)26(32)33/h1-14H,15H2,(H,30,31)(H,32,33)/b29-14+. The van der Waals surface area contributed by atoms with E-state index in [1.165, 1.54) is 18.3 Å². The summed E-state index contributed by atoms with van der Waals surface area (Å²) >= 11 is 12.1. The minimum Gasteiger partial charge on any atom is -0.488 e. The number of carbonyl (C=O) groups excluding carboxylic acids is 1. The number of carbonyl (C=O) groups is 2. The average Bonchev–Trinajstić information content (AvgIpc) is 3.32. The SMILES string of the molecule is O=C(O)c1ccc(-c2ccc(/C=N/NC(=O)c3ccccc3OCc3ccc(Cl)cc3Cl)o2)cc1. The molecule has 0 radical (unpaired) electrons. The van der Waals surface area contributed by atoms with E-state index in [-0.39, 0.29) is 12.2 Å². The smallest absolute Gasteiger partial charge is 0.335 e. The van der Waals surface area contributed by atoms with Crippen LogP contribution in [0.2, 0.25) is 10.0 Å². The fourth-order valence-electron chi connectivity index (χ4n) is 3.14. The zero-order valence-electron chi connectivity index (χ0n) is 18.1. The average molecular weight is 509 g/mol. The Balaban J connectivity index is 1.39. The quantitative estimate of drug-likeness (QED) is 0.215. The lowest BCUT2D eigenvalue weighted by atomic mass is 10.1. The molecule has 0 saturated heterocycles. The fraction of sp³-hybridized carbons (Fsp3) is 0.0385. The fourth-order valence-corrected chi connectivity index (χ4v) is 3.61. The molecule has 4 aromatic rings. The first kappa shape index (κ1) is 24.1. The van der Waals surface area contributed by atoms with Gasteiger partial charge in [-0.2, -0.15) is 5.10 Å². The highest BCUT2D eigenvalue weighted by atomic mass is 35.5. The molecule has 0 aliphatic carbocycles. The number of aromatic carboxylic acids is 1. The normalized spacial score (nSPS) is 10.9. The van der Waals surface area contributed by atoms with E-state index in [0.717, 1.165) is 5.56 Å². The largest absolute Gasteiger partial charge is 0.488 e. The maximum Gasteiger partial charge on any atom is 0.335 e. The van der Waals surface area contributed by atoms with E-state index >= 15 is 0 Å². The molecule has 7 nitrogen and oxygen atoms in total. The maximum absolute atomic E-state index is 12.7. The molecule has 1 amide bonds. The molecule has 3 aromatic carbocycles. The lowest BCUT2D eigenvalue weighted by molar-refractivity contribution is 0.0696.